The largest absolute Gasteiger partial charge is 0.314 e. The van der Waals surface area contributed by atoms with E-state index in [0.717, 1.165) is 32.1 Å². The predicted molar refractivity (Wildman–Crippen MR) is 80.8 cm³/mol. The highest BCUT2D eigenvalue weighted by Gasteiger charge is 2.34. The Morgan fingerprint density at radius 3 is 2.79 bits per heavy atom. The highest BCUT2D eigenvalue weighted by atomic mass is 32.1. The Balaban J connectivity index is 1.84. The van der Waals surface area contributed by atoms with Gasteiger partial charge in [-0.1, -0.05) is 6.92 Å². The minimum atomic E-state index is 0.0906. The molecule has 1 aliphatic heterocycles. The molecule has 1 N–H and O–H groups in total. The van der Waals surface area contributed by atoms with Gasteiger partial charge in [-0.25, -0.2) is 4.98 Å². The molecule has 1 unspecified atom stereocenters. The van der Waals surface area contributed by atoms with Crippen LogP contribution in [0.2, 0.25) is 0 Å². The van der Waals surface area contributed by atoms with Crippen LogP contribution in [0.15, 0.2) is 0 Å². The Morgan fingerprint density at radius 2 is 2.05 bits per heavy atom. The van der Waals surface area contributed by atoms with E-state index < -0.39 is 0 Å². The van der Waals surface area contributed by atoms with Crippen molar-refractivity contribution >= 4 is 11.3 Å². The van der Waals surface area contributed by atoms with Crippen LogP contribution in [-0.2, 0) is 18.4 Å². The van der Waals surface area contributed by atoms with Crippen LogP contribution in [-0.4, -0.2) is 36.1 Å². The topological polar surface area (TPSA) is 28.2 Å². The minimum Gasteiger partial charge on any atom is -0.314 e. The molecule has 1 aromatic heterocycles. The molecule has 0 aromatic carbocycles. The first-order valence-electron chi connectivity index (χ1n) is 7.52. The molecule has 1 aromatic rings. The fraction of sp³-hybridized carbons (Fsp3) is 0.800. The highest BCUT2D eigenvalue weighted by molar-refractivity contribution is 7.11. The fourth-order valence-corrected chi connectivity index (χ4v) is 4.56. The number of hydrogen-bond acceptors (Lipinski definition) is 4. The first kappa shape index (κ1) is 13.5. The van der Waals surface area contributed by atoms with E-state index in [0.29, 0.717) is 0 Å². The third-order valence-corrected chi connectivity index (χ3v) is 6.05. The van der Waals surface area contributed by atoms with Gasteiger partial charge >= 0.3 is 0 Å². The molecule has 2 aliphatic rings. The summed E-state index contributed by atoms with van der Waals surface area (Å²) in [5.74, 6) is 0.836. The summed E-state index contributed by atoms with van der Waals surface area (Å²) in [6, 6.07) is 0. The highest BCUT2D eigenvalue weighted by Crippen LogP contribution is 2.36. The summed E-state index contributed by atoms with van der Waals surface area (Å²) < 4.78 is 0. The Bertz CT molecular complexity index is 446. The number of piperazine rings is 1. The quantitative estimate of drug-likeness (QED) is 0.901. The molecule has 2 heterocycles. The van der Waals surface area contributed by atoms with Crippen molar-refractivity contribution in [2.75, 3.05) is 26.2 Å². The van der Waals surface area contributed by atoms with E-state index in [1.807, 2.05) is 11.3 Å². The van der Waals surface area contributed by atoms with Gasteiger partial charge in [-0.2, -0.15) is 0 Å². The summed E-state index contributed by atoms with van der Waals surface area (Å²) in [5, 5.41) is 4.76. The molecule has 3 nitrogen and oxygen atoms in total. The van der Waals surface area contributed by atoms with Crippen LogP contribution in [0.25, 0.3) is 0 Å². The van der Waals surface area contributed by atoms with Crippen LogP contribution in [0.4, 0.5) is 0 Å². The summed E-state index contributed by atoms with van der Waals surface area (Å²) in [4.78, 5) is 9.12. The molecule has 1 fully saturated rings. The second-order valence-electron chi connectivity index (χ2n) is 6.53. The molecular formula is C15H25N3S. The normalized spacial score (nSPS) is 25.3. The Hall–Kier alpha value is -0.450. The number of thiazole rings is 1. The number of aromatic nitrogens is 1. The lowest BCUT2D eigenvalue weighted by atomic mass is 9.93. The van der Waals surface area contributed by atoms with Crippen molar-refractivity contribution in [1.29, 1.82) is 0 Å². The molecule has 1 atom stereocenters. The van der Waals surface area contributed by atoms with Gasteiger partial charge in [-0.05, 0) is 39.0 Å². The van der Waals surface area contributed by atoms with Gasteiger partial charge in [-0.3, -0.25) is 4.90 Å². The first-order valence-corrected chi connectivity index (χ1v) is 8.34. The van der Waals surface area contributed by atoms with Gasteiger partial charge < -0.3 is 5.32 Å². The lowest BCUT2D eigenvalue weighted by molar-refractivity contribution is 0.102. The summed E-state index contributed by atoms with van der Waals surface area (Å²) in [6.45, 7) is 11.5. The molecule has 4 heteroatoms. The van der Waals surface area contributed by atoms with Crippen molar-refractivity contribution in [3.05, 3.63) is 15.6 Å². The zero-order valence-corrected chi connectivity index (χ0v) is 13.1. The van der Waals surface area contributed by atoms with E-state index in [4.69, 9.17) is 4.98 Å². The Kier molecular flexibility index (Phi) is 3.67. The van der Waals surface area contributed by atoms with Crippen LogP contribution in [0, 0.1) is 5.92 Å². The number of nitrogens with one attached hydrogen (secondary N) is 1. The molecule has 0 amide bonds. The van der Waals surface area contributed by atoms with Crippen molar-refractivity contribution in [3.63, 3.8) is 0 Å². The smallest absolute Gasteiger partial charge is 0.113 e. The van der Waals surface area contributed by atoms with E-state index in [9.17, 15) is 0 Å². The lowest BCUT2D eigenvalue weighted by Gasteiger charge is -2.39. The summed E-state index contributed by atoms with van der Waals surface area (Å²) in [6.07, 6.45) is 3.74. The van der Waals surface area contributed by atoms with E-state index in [2.05, 4.69) is 31.0 Å². The van der Waals surface area contributed by atoms with Gasteiger partial charge in [0, 0.05) is 31.1 Å². The van der Waals surface area contributed by atoms with Crippen LogP contribution < -0.4 is 5.32 Å². The fourth-order valence-electron chi connectivity index (χ4n) is 3.16. The molecular weight excluding hydrogens is 254 g/mol. The molecule has 0 saturated carbocycles. The van der Waals surface area contributed by atoms with Crippen LogP contribution in [0.3, 0.4) is 0 Å². The van der Waals surface area contributed by atoms with Gasteiger partial charge in [0.2, 0.25) is 0 Å². The maximum atomic E-state index is 4.99. The average Bonchev–Trinajstić information content (AvgIpc) is 2.83. The van der Waals surface area contributed by atoms with Crippen molar-refractivity contribution in [2.24, 2.45) is 5.92 Å². The van der Waals surface area contributed by atoms with Crippen molar-refractivity contribution in [2.45, 2.75) is 45.6 Å². The molecule has 1 saturated heterocycles. The van der Waals surface area contributed by atoms with Crippen LogP contribution in [0.1, 0.15) is 42.8 Å². The van der Waals surface area contributed by atoms with Crippen LogP contribution >= 0.6 is 11.3 Å². The van der Waals surface area contributed by atoms with E-state index in [-0.39, 0.29) is 5.54 Å². The number of nitrogens with zero attached hydrogens (tertiary/aromatic N) is 2. The molecule has 3 rings (SSSR count). The lowest BCUT2D eigenvalue weighted by Crippen LogP contribution is -2.51. The monoisotopic (exact) mass is 279 g/mol. The number of rotatable bonds is 2. The average molecular weight is 279 g/mol. The third-order valence-electron chi connectivity index (χ3n) is 4.62. The molecule has 1 aliphatic carbocycles. The summed E-state index contributed by atoms with van der Waals surface area (Å²) >= 11 is 1.97. The maximum absolute atomic E-state index is 4.99. The number of aryl methyl sites for hydroxylation is 1. The molecule has 0 radical (unpaired) electrons. The third kappa shape index (κ3) is 2.58. The zero-order valence-electron chi connectivity index (χ0n) is 12.3. The van der Waals surface area contributed by atoms with Gasteiger partial charge in [0.1, 0.15) is 5.01 Å². The van der Waals surface area contributed by atoms with Gasteiger partial charge in [0.25, 0.3) is 0 Å². The standard InChI is InChI=1S/C15H25N3S/c1-11-4-5-12-13(10-11)19-14(17-12)15(2,3)18-8-6-16-7-9-18/h11,16H,4-10H2,1-3H3. The van der Waals surface area contributed by atoms with E-state index in [1.54, 1.807) is 4.88 Å². The second kappa shape index (κ2) is 5.15. The van der Waals surface area contributed by atoms with Gasteiger partial charge in [-0.15, -0.1) is 11.3 Å². The van der Waals surface area contributed by atoms with Crippen molar-refractivity contribution in [3.8, 4) is 0 Å². The minimum absolute atomic E-state index is 0.0906. The van der Waals surface area contributed by atoms with Gasteiger partial charge in [0.15, 0.2) is 0 Å². The van der Waals surface area contributed by atoms with Gasteiger partial charge in [0.05, 0.1) is 11.2 Å². The summed E-state index contributed by atoms with van der Waals surface area (Å²) in [7, 11) is 0. The second-order valence-corrected chi connectivity index (χ2v) is 7.62. The molecule has 106 valence electrons. The van der Waals surface area contributed by atoms with Crippen molar-refractivity contribution < 1.29 is 0 Å². The van der Waals surface area contributed by atoms with E-state index >= 15 is 0 Å². The molecule has 0 spiro atoms. The van der Waals surface area contributed by atoms with Crippen LogP contribution in [0.5, 0.6) is 0 Å². The number of hydrogen-bond donors (Lipinski definition) is 1. The first-order chi connectivity index (χ1) is 9.07. The SMILES string of the molecule is CC1CCc2nc(C(C)(C)N3CCNCC3)sc2C1. The Morgan fingerprint density at radius 1 is 1.32 bits per heavy atom. The maximum Gasteiger partial charge on any atom is 0.113 e. The van der Waals surface area contributed by atoms with E-state index in [1.165, 1.54) is 30.0 Å². The Labute approximate surface area is 120 Å². The predicted octanol–water partition coefficient (Wildman–Crippen LogP) is 2.41. The molecule has 19 heavy (non-hydrogen) atoms. The molecule has 0 bridgehead atoms. The van der Waals surface area contributed by atoms with Crippen molar-refractivity contribution in [1.82, 2.24) is 15.2 Å². The zero-order chi connectivity index (χ0) is 13.5. The summed E-state index contributed by atoms with van der Waals surface area (Å²) in [5.41, 5.74) is 1.48. The number of fused-ring (bicyclic) bond motifs is 1.